The highest BCUT2D eigenvalue weighted by Crippen LogP contribution is 2.24. The van der Waals surface area contributed by atoms with Crippen molar-refractivity contribution in [3.05, 3.63) is 23.8 Å². The van der Waals surface area contributed by atoms with Crippen molar-refractivity contribution in [2.45, 2.75) is 31.2 Å². The third kappa shape index (κ3) is 3.48. The summed E-state index contributed by atoms with van der Waals surface area (Å²) >= 11 is 0. The molecule has 2 unspecified atom stereocenters. The lowest BCUT2D eigenvalue weighted by Gasteiger charge is -2.22. The summed E-state index contributed by atoms with van der Waals surface area (Å²) in [6.45, 7) is 5.69. The quantitative estimate of drug-likeness (QED) is 0.920. The van der Waals surface area contributed by atoms with Crippen molar-refractivity contribution in [3.63, 3.8) is 0 Å². The highest BCUT2D eigenvalue weighted by atomic mass is 32.2. The van der Waals surface area contributed by atoms with Crippen molar-refractivity contribution in [3.8, 4) is 0 Å². The van der Waals surface area contributed by atoms with E-state index in [1.54, 1.807) is 12.1 Å². The van der Waals surface area contributed by atoms with Gasteiger partial charge < -0.3 is 10.1 Å². The van der Waals surface area contributed by atoms with Crippen LogP contribution in [-0.4, -0.2) is 33.9 Å². The number of hydrogen-bond donors (Lipinski definition) is 1. The molecule has 2 atom stereocenters. The van der Waals surface area contributed by atoms with Crippen molar-refractivity contribution < 1.29 is 13.2 Å². The molecule has 0 aromatic heterocycles. The van der Waals surface area contributed by atoms with Gasteiger partial charge >= 0.3 is 0 Å². The first-order valence-corrected chi connectivity index (χ1v) is 8.42. The predicted molar refractivity (Wildman–Crippen MR) is 76.3 cm³/mol. The first-order chi connectivity index (χ1) is 8.88. The Morgan fingerprint density at radius 3 is 2.74 bits per heavy atom. The van der Waals surface area contributed by atoms with E-state index in [-0.39, 0.29) is 6.04 Å². The zero-order valence-electron chi connectivity index (χ0n) is 11.6. The average Bonchev–Trinajstić information content (AvgIpc) is 2.84. The summed E-state index contributed by atoms with van der Waals surface area (Å²) in [5, 5.41) is 3.42. The van der Waals surface area contributed by atoms with Crippen LogP contribution in [0.2, 0.25) is 0 Å². The van der Waals surface area contributed by atoms with Crippen molar-refractivity contribution in [2.24, 2.45) is 5.92 Å². The molecule has 5 heteroatoms. The van der Waals surface area contributed by atoms with Gasteiger partial charge in [-0.15, -0.1) is 0 Å². The molecular formula is C14H21NO3S. The summed E-state index contributed by atoms with van der Waals surface area (Å²) in [5.74, 6) is 0.487. The molecule has 0 radical (unpaired) electrons. The summed E-state index contributed by atoms with van der Waals surface area (Å²) in [4.78, 5) is 0.357. The smallest absolute Gasteiger partial charge is 0.175 e. The van der Waals surface area contributed by atoms with Crippen LogP contribution in [0, 0.1) is 12.8 Å². The van der Waals surface area contributed by atoms with Gasteiger partial charge in [-0.1, -0.05) is 6.07 Å². The van der Waals surface area contributed by atoms with Gasteiger partial charge in [0.05, 0.1) is 11.5 Å². The maximum absolute atomic E-state index is 11.6. The molecule has 1 aromatic rings. The van der Waals surface area contributed by atoms with Gasteiger partial charge in [-0.05, 0) is 38.0 Å². The predicted octanol–water partition coefficient (Wildman–Crippen LogP) is 2.24. The Bertz CT molecular complexity index is 548. The normalized spacial score (nSPS) is 21.3. The SMILES string of the molecule is Cc1ccc(S(C)(=O)=O)cc1NC(C)C1CCOC1. The molecule has 0 bridgehead atoms. The van der Waals surface area contributed by atoms with Crippen LogP contribution in [0.5, 0.6) is 0 Å². The zero-order valence-corrected chi connectivity index (χ0v) is 12.5. The minimum atomic E-state index is -3.16. The van der Waals surface area contributed by atoms with Crippen LogP contribution in [0.25, 0.3) is 0 Å². The van der Waals surface area contributed by atoms with Crippen LogP contribution in [-0.2, 0) is 14.6 Å². The maximum Gasteiger partial charge on any atom is 0.175 e. The molecule has 1 aliphatic rings. The Hall–Kier alpha value is -1.07. The minimum Gasteiger partial charge on any atom is -0.382 e. The van der Waals surface area contributed by atoms with E-state index in [2.05, 4.69) is 12.2 Å². The second-order valence-corrected chi connectivity index (χ2v) is 7.32. The topological polar surface area (TPSA) is 55.4 Å². The fourth-order valence-electron chi connectivity index (χ4n) is 2.30. The lowest BCUT2D eigenvalue weighted by molar-refractivity contribution is 0.183. The van der Waals surface area contributed by atoms with E-state index in [9.17, 15) is 8.42 Å². The molecular weight excluding hydrogens is 262 g/mol. The van der Waals surface area contributed by atoms with E-state index in [4.69, 9.17) is 4.74 Å². The van der Waals surface area contributed by atoms with E-state index < -0.39 is 9.84 Å². The number of anilines is 1. The zero-order chi connectivity index (χ0) is 14.0. The molecule has 1 aliphatic heterocycles. The molecule has 0 spiro atoms. The first kappa shape index (κ1) is 14.3. The van der Waals surface area contributed by atoms with Gasteiger partial charge in [0.1, 0.15) is 0 Å². The van der Waals surface area contributed by atoms with Crippen LogP contribution in [0.15, 0.2) is 23.1 Å². The summed E-state index contributed by atoms with van der Waals surface area (Å²) in [6.07, 6.45) is 2.29. The Balaban J connectivity index is 2.19. The molecule has 0 saturated carbocycles. The number of benzene rings is 1. The molecule has 1 N–H and O–H groups in total. The van der Waals surface area contributed by atoms with Crippen molar-refractivity contribution >= 4 is 15.5 Å². The van der Waals surface area contributed by atoms with Crippen LogP contribution in [0.4, 0.5) is 5.69 Å². The molecule has 1 fully saturated rings. The third-order valence-electron chi connectivity index (χ3n) is 3.69. The lowest BCUT2D eigenvalue weighted by Crippen LogP contribution is -2.26. The van der Waals surface area contributed by atoms with Crippen molar-refractivity contribution in [1.29, 1.82) is 0 Å². The Kier molecular flexibility index (Phi) is 4.16. The fourth-order valence-corrected chi connectivity index (χ4v) is 2.94. The molecule has 19 heavy (non-hydrogen) atoms. The van der Waals surface area contributed by atoms with Gasteiger partial charge in [-0.3, -0.25) is 0 Å². The van der Waals surface area contributed by atoms with Crippen LogP contribution in [0.1, 0.15) is 18.9 Å². The minimum absolute atomic E-state index is 0.274. The number of hydrogen-bond acceptors (Lipinski definition) is 4. The monoisotopic (exact) mass is 283 g/mol. The van der Waals surface area contributed by atoms with Crippen LogP contribution >= 0.6 is 0 Å². The Morgan fingerprint density at radius 2 is 2.16 bits per heavy atom. The average molecular weight is 283 g/mol. The largest absolute Gasteiger partial charge is 0.382 e. The second kappa shape index (κ2) is 5.51. The number of sulfone groups is 1. The number of rotatable bonds is 4. The van der Waals surface area contributed by atoms with Crippen molar-refractivity contribution in [1.82, 2.24) is 0 Å². The standard InChI is InChI=1S/C14H21NO3S/c1-10-4-5-13(19(3,16)17)8-14(10)15-11(2)12-6-7-18-9-12/h4-5,8,11-12,15H,6-7,9H2,1-3H3. The second-order valence-electron chi connectivity index (χ2n) is 5.31. The summed E-state index contributed by atoms with van der Waals surface area (Å²) in [6, 6.07) is 5.49. The lowest BCUT2D eigenvalue weighted by atomic mass is 10.00. The summed E-state index contributed by atoms with van der Waals surface area (Å²) < 4.78 is 28.6. The van der Waals surface area contributed by atoms with Crippen LogP contribution < -0.4 is 5.32 Å². The van der Waals surface area contributed by atoms with Gasteiger partial charge in [-0.2, -0.15) is 0 Å². The van der Waals surface area contributed by atoms with Gasteiger partial charge in [0, 0.05) is 30.5 Å². The van der Waals surface area contributed by atoms with E-state index in [0.717, 1.165) is 30.9 Å². The highest BCUT2D eigenvalue weighted by Gasteiger charge is 2.22. The molecule has 1 aromatic carbocycles. The Labute approximate surface area is 115 Å². The molecule has 4 nitrogen and oxygen atoms in total. The first-order valence-electron chi connectivity index (χ1n) is 6.53. The van der Waals surface area contributed by atoms with Crippen molar-refractivity contribution in [2.75, 3.05) is 24.8 Å². The third-order valence-corrected chi connectivity index (χ3v) is 4.80. The Morgan fingerprint density at radius 1 is 1.42 bits per heavy atom. The number of ether oxygens (including phenoxy) is 1. The summed E-state index contributed by atoms with van der Waals surface area (Å²) in [5.41, 5.74) is 1.94. The van der Waals surface area contributed by atoms with E-state index >= 15 is 0 Å². The summed E-state index contributed by atoms with van der Waals surface area (Å²) in [7, 11) is -3.16. The maximum atomic E-state index is 11.6. The number of aryl methyl sites for hydroxylation is 1. The fraction of sp³-hybridized carbons (Fsp3) is 0.571. The molecule has 0 aliphatic carbocycles. The number of nitrogens with one attached hydrogen (secondary N) is 1. The van der Waals surface area contributed by atoms with Crippen LogP contribution in [0.3, 0.4) is 0 Å². The van der Waals surface area contributed by atoms with Gasteiger partial charge in [-0.25, -0.2) is 8.42 Å². The van der Waals surface area contributed by atoms with E-state index in [1.807, 2.05) is 13.0 Å². The van der Waals surface area contributed by atoms with Gasteiger partial charge in [0.2, 0.25) is 0 Å². The van der Waals surface area contributed by atoms with E-state index in [1.165, 1.54) is 6.26 Å². The molecule has 0 amide bonds. The molecule has 1 saturated heterocycles. The highest BCUT2D eigenvalue weighted by molar-refractivity contribution is 7.90. The van der Waals surface area contributed by atoms with Gasteiger partial charge in [0.15, 0.2) is 9.84 Å². The molecule has 1 heterocycles. The van der Waals surface area contributed by atoms with E-state index in [0.29, 0.717) is 10.8 Å². The molecule has 106 valence electrons. The van der Waals surface area contributed by atoms with Gasteiger partial charge in [0.25, 0.3) is 0 Å². The molecule has 2 rings (SSSR count).